The van der Waals surface area contributed by atoms with Crippen molar-refractivity contribution < 1.29 is 5.11 Å². The second-order valence-electron chi connectivity index (χ2n) is 3.90. The molecule has 1 aromatic carbocycles. The number of benzene rings is 1. The maximum Gasteiger partial charge on any atom is 0.0449 e. The fourth-order valence-electron chi connectivity index (χ4n) is 1.63. The monoisotopic (exact) mass is 193 g/mol. The summed E-state index contributed by atoms with van der Waals surface area (Å²) in [5.74, 6) is 0. The maximum absolute atomic E-state index is 8.97. The lowest BCUT2D eigenvalue weighted by Gasteiger charge is -2.24. The second kappa shape index (κ2) is 5.13. The molecule has 0 fully saturated rings. The van der Waals surface area contributed by atoms with Gasteiger partial charge in [0.2, 0.25) is 0 Å². The van der Waals surface area contributed by atoms with E-state index in [1.807, 2.05) is 14.1 Å². The molecule has 0 aliphatic carbocycles. The molecular formula is C12H19NO. The van der Waals surface area contributed by atoms with E-state index in [-0.39, 0.29) is 6.61 Å². The minimum atomic E-state index is 0.233. The number of aliphatic hydroxyl groups excluding tert-OH is 1. The Morgan fingerprint density at radius 3 is 2.21 bits per heavy atom. The molecule has 0 bridgehead atoms. The number of hydrogen-bond acceptors (Lipinski definition) is 2. The molecule has 0 radical (unpaired) electrons. The van der Waals surface area contributed by atoms with Crippen LogP contribution in [-0.2, 0) is 0 Å². The highest BCUT2D eigenvalue weighted by atomic mass is 16.3. The Bertz CT molecular complexity index is 266. The summed E-state index contributed by atoms with van der Waals surface area (Å²) in [6, 6.07) is 8.82. The first-order valence-corrected chi connectivity index (χ1v) is 4.99. The van der Waals surface area contributed by atoms with Gasteiger partial charge in [-0.1, -0.05) is 29.8 Å². The lowest BCUT2D eigenvalue weighted by molar-refractivity contribution is 0.211. The number of aryl methyl sites for hydroxylation is 1. The van der Waals surface area contributed by atoms with E-state index in [4.69, 9.17) is 5.11 Å². The summed E-state index contributed by atoms with van der Waals surface area (Å²) < 4.78 is 0. The summed E-state index contributed by atoms with van der Waals surface area (Å²) in [6.45, 7) is 2.32. The topological polar surface area (TPSA) is 23.5 Å². The molecule has 2 heteroatoms. The molecule has 78 valence electrons. The number of hydrogen-bond donors (Lipinski definition) is 1. The first kappa shape index (κ1) is 11.2. The van der Waals surface area contributed by atoms with Crippen molar-refractivity contribution in [1.82, 2.24) is 4.90 Å². The van der Waals surface area contributed by atoms with Crippen LogP contribution in [0.3, 0.4) is 0 Å². The van der Waals surface area contributed by atoms with Crippen LogP contribution in [0.1, 0.15) is 23.6 Å². The van der Waals surface area contributed by atoms with E-state index in [9.17, 15) is 0 Å². The van der Waals surface area contributed by atoms with E-state index in [1.165, 1.54) is 11.1 Å². The van der Waals surface area contributed by atoms with Crippen molar-refractivity contribution in [2.75, 3.05) is 20.7 Å². The molecule has 1 N–H and O–H groups in total. The fourth-order valence-corrected chi connectivity index (χ4v) is 1.63. The quantitative estimate of drug-likeness (QED) is 0.790. The summed E-state index contributed by atoms with van der Waals surface area (Å²) in [5, 5.41) is 8.97. The third kappa shape index (κ3) is 2.82. The maximum atomic E-state index is 8.97. The Morgan fingerprint density at radius 1 is 1.21 bits per heavy atom. The van der Waals surface area contributed by atoms with E-state index in [2.05, 4.69) is 36.1 Å². The van der Waals surface area contributed by atoms with Crippen LogP contribution in [-0.4, -0.2) is 30.7 Å². The Hall–Kier alpha value is -0.860. The molecule has 1 rings (SSSR count). The molecule has 0 aliphatic rings. The zero-order valence-corrected chi connectivity index (χ0v) is 9.20. The van der Waals surface area contributed by atoms with Gasteiger partial charge in [-0.15, -0.1) is 0 Å². The van der Waals surface area contributed by atoms with Gasteiger partial charge in [0.25, 0.3) is 0 Å². The van der Waals surface area contributed by atoms with Gasteiger partial charge in [-0.05, 0) is 33.0 Å². The van der Waals surface area contributed by atoms with Crippen molar-refractivity contribution >= 4 is 0 Å². The molecule has 0 saturated heterocycles. The van der Waals surface area contributed by atoms with Gasteiger partial charge >= 0.3 is 0 Å². The Kier molecular flexibility index (Phi) is 4.11. The number of nitrogens with zero attached hydrogens (tertiary/aromatic N) is 1. The van der Waals surface area contributed by atoms with Crippen molar-refractivity contribution in [3.8, 4) is 0 Å². The standard InChI is InChI=1S/C12H19NO/c1-10-4-6-11(7-5-10)12(8-9-14)13(2)3/h4-7,12,14H,8-9H2,1-3H3. The van der Waals surface area contributed by atoms with E-state index in [0.29, 0.717) is 6.04 Å². The lowest BCUT2D eigenvalue weighted by Crippen LogP contribution is -2.20. The van der Waals surface area contributed by atoms with Crippen LogP contribution in [0.2, 0.25) is 0 Å². The van der Waals surface area contributed by atoms with Crippen molar-refractivity contribution in [3.63, 3.8) is 0 Å². The molecule has 0 aliphatic heterocycles. The minimum Gasteiger partial charge on any atom is -0.396 e. The van der Waals surface area contributed by atoms with Crippen molar-refractivity contribution in [1.29, 1.82) is 0 Å². The third-order valence-corrected chi connectivity index (χ3v) is 2.49. The van der Waals surface area contributed by atoms with Gasteiger partial charge in [0, 0.05) is 12.6 Å². The first-order chi connectivity index (χ1) is 6.65. The third-order valence-electron chi connectivity index (χ3n) is 2.49. The van der Waals surface area contributed by atoms with Crippen LogP contribution >= 0.6 is 0 Å². The summed E-state index contributed by atoms with van der Waals surface area (Å²) >= 11 is 0. The predicted molar refractivity (Wildman–Crippen MR) is 59.3 cm³/mol. The summed E-state index contributed by atoms with van der Waals surface area (Å²) in [4.78, 5) is 2.14. The van der Waals surface area contributed by atoms with Crippen LogP contribution in [0.15, 0.2) is 24.3 Å². The molecular weight excluding hydrogens is 174 g/mol. The van der Waals surface area contributed by atoms with Gasteiger partial charge < -0.3 is 10.0 Å². The molecule has 0 heterocycles. The molecule has 0 saturated carbocycles. The van der Waals surface area contributed by atoms with Crippen LogP contribution in [0, 0.1) is 6.92 Å². The SMILES string of the molecule is Cc1ccc(C(CCO)N(C)C)cc1. The van der Waals surface area contributed by atoms with Gasteiger partial charge in [-0.25, -0.2) is 0 Å². The zero-order valence-electron chi connectivity index (χ0n) is 9.20. The highest BCUT2D eigenvalue weighted by Gasteiger charge is 2.12. The largest absolute Gasteiger partial charge is 0.396 e. The molecule has 1 unspecified atom stereocenters. The van der Waals surface area contributed by atoms with Crippen LogP contribution in [0.25, 0.3) is 0 Å². The predicted octanol–water partition coefficient (Wildman–Crippen LogP) is 1.98. The summed E-state index contributed by atoms with van der Waals surface area (Å²) in [7, 11) is 4.08. The smallest absolute Gasteiger partial charge is 0.0449 e. The normalized spacial score (nSPS) is 13.2. The van der Waals surface area contributed by atoms with Gasteiger partial charge in [-0.2, -0.15) is 0 Å². The molecule has 1 atom stereocenters. The average Bonchev–Trinajstić information content (AvgIpc) is 2.15. The van der Waals surface area contributed by atoms with Crippen LogP contribution < -0.4 is 0 Å². The van der Waals surface area contributed by atoms with E-state index < -0.39 is 0 Å². The number of rotatable bonds is 4. The molecule has 0 spiro atoms. The molecule has 0 aromatic heterocycles. The van der Waals surface area contributed by atoms with E-state index >= 15 is 0 Å². The highest BCUT2D eigenvalue weighted by Crippen LogP contribution is 2.21. The molecule has 2 nitrogen and oxygen atoms in total. The van der Waals surface area contributed by atoms with Crippen LogP contribution in [0.4, 0.5) is 0 Å². The van der Waals surface area contributed by atoms with Gasteiger partial charge in [0.1, 0.15) is 0 Å². The average molecular weight is 193 g/mol. The van der Waals surface area contributed by atoms with Crippen LogP contribution in [0.5, 0.6) is 0 Å². The van der Waals surface area contributed by atoms with Crippen molar-refractivity contribution in [2.24, 2.45) is 0 Å². The van der Waals surface area contributed by atoms with Gasteiger partial charge in [0.15, 0.2) is 0 Å². The summed E-state index contributed by atoms with van der Waals surface area (Å²) in [5.41, 5.74) is 2.55. The molecule has 1 aromatic rings. The Morgan fingerprint density at radius 2 is 1.79 bits per heavy atom. The highest BCUT2D eigenvalue weighted by molar-refractivity contribution is 5.24. The second-order valence-corrected chi connectivity index (χ2v) is 3.90. The molecule has 14 heavy (non-hydrogen) atoms. The summed E-state index contributed by atoms with van der Waals surface area (Å²) in [6.07, 6.45) is 0.788. The first-order valence-electron chi connectivity index (χ1n) is 4.99. The van der Waals surface area contributed by atoms with Crippen molar-refractivity contribution in [3.05, 3.63) is 35.4 Å². The Balaban J connectivity index is 2.82. The van der Waals surface area contributed by atoms with E-state index in [0.717, 1.165) is 6.42 Å². The van der Waals surface area contributed by atoms with Gasteiger partial charge in [-0.3, -0.25) is 0 Å². The van der Waals surface area contributed by atoms with Gasteiger partial charge in [0.05, 0.1) is 0 Å². The minimum absolute atomic E-state index is 0.233. The van der Waals surface area contributed by atoms with E-state index in [1.54, 1.807) is 0 Å². The van der Waals surface area contributed by atoms with Crippen molar-refractivity contribution in [2.45, 2.75) is 19.4 Å². The lowest BCUT2D eigenvalue weighted by atomic mass is 10.0. The number of aliphatic hydroxyl groups is 1. The molecule has 0 amide bonds. The zero-order chi connectivity index (χ0) is 10.6. The fraction of sp³-hybridized carbons (Fsp3) is 0.500. The Labute approximate surface area is 86.2 Å².